The van der Waals surface area contributed by atoms with Gasteiger partial charge in [0.15, 0.2) is 0 Å². The van der Waals surface area contributed by atoms with Gasteiger partial charge in [0.25, 0.3) is 0 Å². The molecule has 0 saturated carbocycles. The molecular weight excluding hydrogens is 156 g/mol. The molecule has 3 heteroatoms. The number of thioether (sulfide) groups is 1. The largest absolute Gasteiger partial charge is 0.328 e. The molecule has 0 heterocycles. The molecule has 0 bridgehead atoms. The smallest absolute Gasteiger partial charge is 0.00183 e. The number of rotatable bonds is 6. The molecule has 0 amide bonds. The lowest BCUT2D eigenvalue weighted by atomic mass is 10.3. The molecule has 0 fully saturated rings. The fourth-order valence-electron chi connectivity index (χ4n) is 0.641. The molecule has 0 aliphatic heterocycles. The fraction of sp³-hybridized carbons (Fsp3) is 1.00. The summed E-state index contributed by atoms with van der Waals surface area (Å²) in [6.45, 7) is 4.10. The molecule has 0 radical (unpaired) electrons. The van der Waals surface area contributed by atoms with E-state index in [-0.39, 0.29) is 0 Å². The third-order valence-electron chi connectivity index (χ3n) is 1.44. The maximum absolute atomic E-state index is 5.60. The van der Waals surface area contributed by atoms with Crippen LogP contribution in [0.2, 0.25) is 0 Å². The van der Waals surface area contributed by atoms with E-state index in [1.54, 1.807) is 0 Å². The lowest BCUT2D eigenvalue weighted by Crippen LogP contribution is -2.17. The lowest BCUT2D eigenvalue weighted by Gasteiger charge is -2.05. The van der Waals surface area contributed by atoms with Gasteiger partial charge in [0.1, 0.15) is 0 Å². The minimum absolute atomic E-state index is 0.345. The highest BCUT2D eigenvalue weighted by Gasteiger charge is 1.96. The van der Waals surface area contributed by atoms with Gasteiger partial charge in [-0.15, -0.1) is 0 Å². The van der Waals surface area contributed by atoms with E-state index in [9.17, 15) is 0 Å². The molecule has 0 aromatic heterocycles. The Balaban J connectivity index is 2.91. The van der Waals surface area contributed by atoms with Crippen LogP contribution in [-0.2, 0) is 0 Å². The van der Waals surface area contributed by atoms with E-state index in [0.717, 1.165) is 12.8 Å². The minimum Gasteiger partial charge on any atom is -0.328 e. The second-order valence-corrected chi connectivity index (χ2v) is 4.37. The van der Waals surface area contributed by atoms with Crippen molar-refractivity contribution in [1.29, 1.82) is 0 Å². The number of hydrogen-bond acceptors (Lipinski definition) is 3. The standard InChI is InChI=1S/C8H20N2S/c1-7(9)3-5-11-6-4-8(2)10/h7-8H,3-6,9-10H2,1-2H3. The van der Waals surface area contributed by atoms with Crippen LogP contribution in [0.25, 0.3) is 0 Å². The molecule has 2 nitrogen and oxygen atoms in total. The van der Waals surface area contributed by atoms with Crippen molar-refractivity contribution in [3.05, 3.63) is 0 Å². The van der Waals surface area contributed by atoms with Gasteiger partial charge in [-0.3, -0.25) is 0 Å². The van der Waals surface area contributed by atoms with Crippen molar-refractivity contribution >= 4 is 11.8 Å². The highest BCUT2D eigenvalue weighted by molar-refractivity contribution is 7.99. The molecule has 11 heavy (non-hydrogen) atoms. The highest BCUT2D eigenvalue weighted by atomic mass is 32.2. The van der Waals surface area contributed by atoms with Gasteiger partial charge in [0.05, 0.1) is 0 Å². The summed E-state index contributed by atoms with van der Waals surface area (Å²) >= 11 is 1.95. The molecule has 0 aromatic carbocycles. The fourth-order valence-corrected chi connectivity index (χ4v) is 1.92. The Morgan fingerprint density at radius 2 is 1.36 bits per heavy atom. The third kappa shape index (κ3) is 10.3. The molecule has 0 spiro atoms. The van der Waals surface area contributed by atoms with Crippen LogP contribution in [0.5, 0.6) is 0 Å². The first kappa shape index (κ1) is 11.3. The quantitative estimate of drug-likeness (QED) is 0.598. The average Bonchev–Trinajstić information content (AvgIpc) is 1.85. The molecule has 0 rings (SSSR count). The van der Waals surface area contributed by atoms with Crippen LogP contribution in [0.4, 0.5) is 0 Å². The average molecular weight is 176 g/mol. The Hall–Kier alpha value is 0.270. The van der Waals surface area contributed by atoms with Gasteiger partial charge in [-0.05, 0) is 38.2 Å². The van der Waals surface area contributed by atoms with Gasteiger partial charge < -0.3 is 11.5 Å². The van der Waals surface area contributed by atoms with Gasteiger partial charge in [-0.1, -0.05) is 0 Å². The lowest BCUT2D eigenvalue weighted by molar-refractivity contribution is 0.711. The van der Waals surface area contributed by atoms with Crippen molar-refractivity contribution in [3.63, 3.8) is 0 Å². The SMILES string of the molecule is CC(N)CCSCCC(C)N. The number of nitrogens with two attached hydrogens (primary N) is 2. The second kappa shape index (κ2) is 6.95. The summed E-state index contributed by atoms with van der Waals surface area (Å²) in [5, 5.41) is 0. The molecule has 0 saturated heterocycles. The maximum Gasteiger partial charge on any atom is 0.00183 e. The van der Waals surface area contributed by atoms with Gasteiger partial charge >= 0.3 is 0 Å². The van der Waals surface area contributed by atoms with E-state index < -0.39 is 0 Å². The molecule has 0 aliphatic carbocycles. The first-order chi connectivity index (χ1) is 5.13. The molecule has 2 atom stereocenters. The van der Waals surface area contributed by atoms with E-state index >= 15 is 0 Å². The Kier molecular flexibility index (Phi) is 7.12. The zero-order valence-electron chi connectivity index (χ0n) is 7.55. The van der Waals surface area contributed by atoms with E-state index in [2.05, 4.69) is 0 Å². The van der Waals surface area contributed by atoms with Crippen LogP contribution in [0.1, 0.15) is 26.7 Å². The predicted octanol–water partition coefficient (Wildman–Crippen LogP) is 1.19. The predicted molar refractivity (Wildman–Crippen MR) is 53.9 cm³/mol. The monoisotopic (exact) mass is 176 g/mol. The van der Waals surface area contributed by atoms with Crippen LogP contribution in [-0.4, -0.2) is 23.6 Å². The van der Waals surface area contributed by atoms with Crippen LogP contribution < -0.4 is 11.5 Å². The topological polar surface area (TPSA) is 52.0 Å². The van der Waals surface area contributed by atoms with Crippen molar-refractivity contribution in [3.8, 4) is 0 Å². The zero-order valence-corrected chi connectivity index (χ0v) is 8.36. The summed E-state index contributed by atoms with van der Waals surface area (Å²) in [5.74, 6) is 2.34. The maximum atomic E-state index is 5.60. The minimum atomic E-state index is 0.345. The van der Waals surface area contributed by atoms with Gasteiger partial charge in [0, 0.05) is 12.1 Å². The summed E-state index contributed by atoms with van der Waals surface area (Å²) in [5.41, 5.74) is 11.2. The van der Waals surface area contributed by atoms with Crippen LogP contribution >= 0.6 is 11.8 Å². The first-order valence-corrected chi connectivity index (χ1v) is 5.37. The van der Waals surface area contributed by atoms with Crippen LogP contribution in [0.3, 0.4) is 0 Å². The van der Waals surface area contributed by atoms with Crippen molar-refractivity contribution in [2.75, 3.05) is 11.5 Å². The molecule has 4 N–H and O–H groups in total. The summed E-state index contributed by atoms with van der Waals surface area (Å²) in [7, 11) is 0. The van der Waals surface area contributed by atoms with E-state index in [1.807, 2.05) is 25.6 Å². The van der Waals surface area contributed by atoms with Gasteiger partial charge in [-0.2, -0.15) is 11.8 Å². The molecule has 0 aromatic rings. The highest BCUT2D eigenvalue weighted by Crippen LogP contribution is 2.06. The summed E-state index contributed by atoms with van der Waals surface area (Å²) in [6, 6.07) is 0.690. The Morgan fingerprint density at radius 1 is 1.00 bits per heavy atom. The molecule has 68 valence electrons. The number of hydrogen-bond donors (Lipinski definition) is 2. The van der Waals surface area contributed by atoms with Crippen molar-refractivity contribution in [1.82, 2.24) is 0 Å². The third-order valence-corrected chi connectivity index (χ3v) is 2.48. The van der Waals surface area contributed by atoms with E-state index in [4.69, 9.17) is 11.5 Å². The molecular formula is C8H20N2S. The van der Waals surface area contributed by atoms with Crippen LogP contribution in [0, 0.1) is 0 Å². The normalized spacial score (nSPS) is 16.4. The molecule has 2 unspecified atom stereocenters. The van der Waals surface area contributed by atoms with Gasteiger partial charge in [0.2, 0.25) is 0 Å². The Morgan fingerprint density at radius 3 is 1.64 bits per heavy atom. The van der Waals surface area contributed by atoms with Gasteiger partial charge in [-0.25, -0.2) is 0 Å². The van der Waals surface area contributed by atoms with E-state index in [0.29, 0.717) is 12.1 Å². The van der Waals surface area contributed by atoms with Crippen molar-refractivity contribution in [2.45, 2.75) is 38.8 Å². The molecule has 0 aliphatic rings. The second-order valence-electron chi connectivity index (χ2n) is 3.14. The Labute approximate surface area is 74.1 Å². The first-order valence-electron chi connectivity index (χ1n) is 4.22. The van der Waals surface area contributed by atoms with Crippen LogP contribution in [0.15, 0.2) is 0 Å². The summed E-state index contributed by atoms with van der Waals surface area (Å²) < 4.78 is 0. The summed E-state index contributed by atoms with van der Waals surface area (Å²) in [6.07, 6.45) is 2.23. The van der Waals surface area contributed by atoms with E-state index in [1.165, 1.54) is 11.5 Å². The zero-order chi connectivity index (χ0) is 8.69. The van der Waals surface area contributed by atoms with Crippen molar-refractivity contribution < 1.29 is 0 Å². The Bertz CT molecular complexity index is 74.2. The summed E-state index contributed by atoms with van der Waals surface area (Å²) in [4.78, 5) is 0. The van der Waals surface area contributed by atoms with Crippen molar-refractivity contribution in [2.24, 2.45) is 11.5 Å².